The average Bonchev–Trinajstić information content (AvgIpc) is 2.52. The number of fused-ring (bicyclic) bond motifs is 1. The number of para-hydroxylation sites is 1. The summed E-state index contributed by atoms with van der Waals surface area (Å²) in [6.07, 6.45) is 0. The average molecular weight is 236 g/mol. The molecule has 0 saturated heterocycles. The van der Waals surface area contributed by atoms with Gasteiger partial charge in [-0.15, -0.1) is 0 Å². The fraction of sp³-hybridized carbons (Fsp3) is 0.250. The van der Waals surface area contributed by atoms with E-state index in [1.807, 2.05) is 22.8 Å². The largest absolute Gasteiger partial charge is 0.399 e. The van der Waals surface area contributed by atoms with Crippen LogP contribution >= 0.6 is 11.6 Å². The maximum absolute atomic E-state index is 6.12. The Hall–Kier alpha value is -1.48. The highest BCUT2D eigenvalue weighted by Gasteiger charge is 2.14. The molecule has 1 heterocycles. The lowest BCUT2D eigenvalue weighted by molar-refractivity contribution is 0.618. The van der Waals surface area contributed by atoms with E-state index in [1.54, 1.807) is 0 Å². The first-order chi connectivity index (χ1) is 7.52. The summed E-state index contributed by atoms with van der Waals surface area (Å²) < 4.78 is 1.98. The molecule has 0 bridgehead atoms. The number of rotatable bonds is 2. The zero-order chi connectivity index (χ0) is 11.9. The Morgan fingerprint density at radius 3 is 2.75 bits per heavy atom. The van der Waals surface area contributed by atoms with Crippen molar-refractivity contribution in [1.29, 1.82) is 0 Å². The van der Waals surface area contributed by atoms with Gasteiger partial charge in [-0.05, 0) is 31.5 Å². The number of nitrogens with zero attached hydrogens (tertiary/aromatic N) is 2. The number of halogens is 1. The summed E-state index contributed by atoms with van der Waals surface area (Å²) in [4.78, 5) is 4.34. The van der Waals surface area contributed by atoms with E-state index in [0.29, 0.717) is 11.0 Å². The molecule has 0 spiro atoms. The van der Waals surface area contributed by atoms with E-state index in [1.165, 1.54) is 0 Å². The van der Waals surface area contributed by atoms with Crippen LogP contribution in [-0.2, 0) is 0 Å². The molecule has 0 fully saturated rings. The first-order valence-electron chi connectivity index (χ1n) is 5.13. The topological polar surface area (TPSA) is 43.8 Å². The fourth-order valence-electron chi connectivity index (χ4n) is 1.84. The predicted octanol–water partition coefficient (Wildman–Crippen LogP) is 3.20. The fourth-order valence-corrected chi connectivity index (χ4v) is 2.21. The van der Waals surface area contributed by atoms with Crippen LogP contribution in [0.1, 0.15) is 25.5 Å². The van der Waals surface area contributed by atoms with Gasteiger partial charge in [-0.2, -0.15) is 0 Å². The molecule has 2 rings (SSSR count). The van der Waals surface area contributed by atoms with Gasteiger partial charge < -0.3 is 10.3 Å². The third-order valence-electron chi connectivity index (χ3n) is 2.54. The molecular formula is C12H14ClN3. The van der Waals surface area contributed by atoms with Crippen molar-refractivity contribution in [3.05, 3.63) is 35.6 Å². The molecule has 3 nitrogen and oxygen atoms in total. The van der Waals surface area contributed by atoms with Crippen molar-refractivity contribution in [2.75, 3.05) is 0 Å². The van der Waals surface area contributed by atoms with E-state index in [0.717, 1.165) is 16.6 Å². The number of benzene rings is 1. The molecule has 4 heteroatoms. The highest BCUT2D eigenvalue weighted by Crippen LogP contribution is 2.27. The second-order valence-corrected chi connectivity index (χ2v) is 4.38. The molecule has 2 aromatic rings. The van der Waals surface area contributed by atoms with Crippen LogP contribution in [0.15, 0.2) is 24.8 Å². The molecule has 84 valence electrons. The van der Waals surface area contributed by atoms with Crippen LogP contribution in [0.3, 0.4) is 0 Å². The molecule has 2 N–H and O–H groups in total. The lowest BCUT2D eigenvalue weighted by Gasteiger charge is -2.09. The van der Waals surface area contributed by atoms with Crippen molar-refractivity contribution >= 4 is 28.3 Å². The van der Waals surface area contributed by atoms with Crippen LogP contribution in [0.5, 0.6) is 0 Å². The van der Waals surface area contributed by atoms with Crippen LogP contribution < -0.4 is 5.73 Å². The highest BCUT2D eigenvalue weighted by molar-refractivity contribution is 6.29. The molecule has 1 aromatic heterocycles. The smallest absolute Gasteiger partial charge is 0.204 e. The summed E-state index contributed by atoms with van der Waals surface area (Å²) in [5.74, 6) is 0. The molecule has 16 heavy (non-hydrogen) atoms. The normalized spacial score (nSPS) is 11.2. The molecule has 0 radical (unpaired) electrons. The Morgan fingerprint density at radius 2 is 2.19 bits per heavy atom. The highest BCUT2D eigenvalue weighted by atomic mass is 35.5. The van der Waals surface area contributed by atoms with Crippen LogP contribution in [-0.4, -0.2) is 9.55 Å². The van der Waals surface area contributed by atoms with E-state index in [9.17, 15) is 0 Å². The Bertz CT molecular complexity index is 555. The van der Waals surface area contributed by atoms with Gasteiger partial charge in [0.25, 0.3) is 0 Å². The Morgan fingerprint density at radius 1 is 1.50 bits per heavy atom. The third kappa shape index (κ3) is 1.57. The van der Waals surface area contributed by atoms with Crippen LogP contribution in [0.4, 0.5) is 0 Å². The summed E-state index contributed by atoms with van der Waals surface area (Å²) in [6.45, 7) is 7.88. The van der Waals surface area contributed by atoms with Gasteiger partial charge in [0.2, 0.25) is 5.28 Å². The van der Waals surface area contributed by atoms with E-state index >= 15 is 0 Å². The lowest BCUT2D eigenvalue weighted by atomic mass is 10.1. The van der Waals surface area contributed by atoms with Crippen molar-refractivity contribution in [1.82, 2.24) is 9.55 Å². The minimum atomic E-state index is 0.263. The van der Waals surface area contributed by atoms with Gasteiger partial charge in [0, 0.05) is 17.3 Å². The molecule has 0 amide bonds. The number of aromatic nitrogens is 2. The van der Waals surface area contributed by atoms with Gasteiger partial charge in [0.05, 0.1) is 11.0 Å². The summed E-state index contributed by atoms with van der Waals surface area (Å²) in [5, 5.41) is 0.485. The van der Waals surface area contributed by atoms with Gasteiger partial charge in [0.15, 0.2) is 0 Å². The van der Waals surface area contributed by atoms with E-state index in [2.05, 4.69) is 25.4 Å². The SMILES string of the molecule is C=C(N)c1cccc2c1nc(Cl)n2C(C)C. The van der Waals surface area contributed by atoms with Crippen molar-refractivity contribution in [3.63, 3.8) is 0 Å². The van der Waals surface area contributed by atoms with Crippen LogP contribution in [0, 0.1) is 0 Å². The number of imidazole rings is 1. The lowest BCUT2D eigenvalue weighted by Crippen LogP contribution is -2.00. The third-order valence-corrected chi connectivity index (χ3v) is 2.81. The summed E-state index contributed by atoms with van der Waals surface area (Å²) >= 11 is 6.12. The van der Waals surface area contributed by atoms with Crippen molar-refractivity contribution in [3.8, 4) is 0 Å². The van der Waals surface area contributed by atoms with E-state index in [-0.39, 0.29) is 6.04 Å². The van der Waals surface area contributed by atoms with Gasteiger partial charge in [-0.3, -0.25) is 0 Å². The van der Waals surface area contributed by atoms with Crippen molar-refractivity contribution < 1.29 is 0 Å². The number of hydrogen-bond donors (Lipinski definition) is 1. The van der Waals surface area contributed by atoms with Crippen LogP contribution in [0.2, 0.25) is 5.28 Å². The van der Waals surface area contributed by atoms with E-state index < -0.39 is 0 Å². The van der Waals surface area contributed by atoms with Gasteiger partial charge in [0.1, 0.15) is 0 Å². The minimum Gasteiger partial charge on any atom is -0.399 e. The van der Waals surface area contributed by atoms with Gasteiger partial charge >= 0.3 is 0 Å². The Balaban J connectivity index is 2.83. The molecular weight excluding hydrogens is 222 g/mol. The van der Waals surface area contributed by atoms with Crippen LogP contribution in [0.25, 0.3) is 16.7 Å². The summed E-state index contributed by atoms with van der Waals surface area (Å²) in [6, 6.07) is 6.09. The molecule has 0 saturated carbocycles. The monoisotopic (exact) mass is 235 g/mol. The minimum absolute atomic E-state index is 0.263. The molecule has 0 aliphatic carbocycles. The second-order valence-electron chi connectivity index (χ2n) is 4.04. The number of nitrogens with two attached hydrogens (primary N) is 1. The first-order valence-corrected chi connectivity index (χ1v) is 5.51. The van der Waals surface area contributed by atoms with Gasteiger partial charge in [-0.25, -0.2) is 4.98 Å². The van der Waals surface area contributed by atoms with Crippen molar-refractivity contribution in [2.45, 2.75) is 19.9 Å². The maximum atomic E-state index is 6.12. The molecule has 0 atom stereocenters. The van der Waals surface area contributed by atoms with Gasteiger partial charge in [-0.1, -0.05) is 18.7 Å². The Labute approximate surface area is 99.5 Å². The quantitative estimate of drug-likeness (QED) is 0.869. The van der Waals surface area contributed by atoms with E-state index in [4.69, 9.17) is 17.3 Å². The maximum Gasteiger partial charge on any atom is 0.204 e. The molecule has 0 unspecified atom stereocenters. The Kier molecular flexibility index (Phi) is 2.64. The second kappa shape index (κ2) is 3.83. The molecule has 1 aromatic carbocycles. The molecule has 0 aliphatic heterocycles. The summed E-state index contributed by atoms with van der Waals surface area (Å²) in [7, 11) is 0. The molecule has 0 aliphatic rings. The predicted molar refractivity (Wildman–Crippen MR) is 68.3 cm³/mol. The first kappa shape index (κ1) is 11.0. The standard InChI is InChI=1S/C12H14ClN3/c1-7(2)16-10-6-4-5-9(8(3)14)11(10)15-12(16)13/h4-7H,3,14H2,1-2H3. The van der Waals surface area contributed by atoms with Crippen molar-refractivity contribution in [2.24, 2.45) is 5.73 Å². The zero-order valence-corrected chi connectivity index (χ0v) is 10.1. The number of hydrogen-bond acceptors (Lipinski definition) is 2. The summed E-state index contributed by atoms with van der Waals surface area (Å²) in [5.41, 5.74) is 8.89. The zero-order valence-electron chi connectivity index (χ0n) is 9.37.